The van der Waals surface area contributed by atoms with E-state index >= 15 is 0 Å². The molecule has 0 aromatic rings. The molecule has 1 atom stereocenters. The first-order chi connectivity index (χ1) is 5.66. The van der Waals surface area contributed by atoms with Crippen molar-refractivity contribution in [3.8, 4) is 0 Å². The smallest absolute Gasteiger partial charge is 0.307 e. The number of alkyl halides is 1. The highest BCUT2D eigenvalue weighted by Gasteiger charge is 2.04. The molecule has 0 spiro atoms. The van der Waals surface area contributed by atoms with Crippen molar-refractivity contribution in [2.75, 3.05) is 0 Å². The molecular weight excluding hydrogens is 176 g/mol. The van der Waals surface area contributed by atoms with Crippen molar-refractivity contribution in [2.24, 2.45) is 0 Å². The predicted molar refractivity (Wildman–Crippen MR) is 50.2 cm³/mol. The molecule has 2 nitrogen and oxygen atoms in total. The van der Waals surface area contributed by atoms with Gasteiger partial charge in [-0.15, -0.1) is 0 Å². The molecule has 12 heavy (non-hydrogen) atoms. The van der Waals surface area contributed by atoms with Gasteiger partial charge in [-0.3, -0.25) is 4.79 Å². The van der Waals surface area contributed by atoms with Gasteiger partial charge in [0, 0.05) is 6.42 Å². The van der Waals surface area contributed by atoms with Crippen LogP contribution in [0.15, 0.2) is 0 Å². The molecule has 0 bridgehead atoms. The summed E-state index contributed by atoms with van der Waals surface area (Å²) >= 11 is 5.47. The molecule has 0 radical (unpaired) electrons. The van der Waals surface area contributed by atoms with E-state index in [1.165, 1.54) is 12.8 Å². The molecule has 0 rings (SSSR count). The predicted octanol–water partition coefficient (Wildman–Crippen LogP) is 3.08. The van der Waals surface area contributed by atoms with Crippen LogP contribution in [0.25, 0.3) is 0 Å². The average Bonchev–Trinajstić information content (AvgIpc) is 1.97. The van der Waals surface area contributed by atoms with E-state index < -0.39 is 5.56 Å². The summed E-state index contributed by atoms with van der Waals surface area (Å²) in [4.78, 5) is 10.9. The molecular formula is C9H17ClO2. The number of halogens is 1. The summed E-state index contributed by atoms with van der Waals surface area (Å²) in [6, 6.07) is 0. The van der Waals surface area contributed by atoms with Gasteiger partial charge in [-0.05, 0) is 13.3 Å². The Labute approximate surface area is 79.2 Å². The molecule has 0 aromatic heterocycles. The maximum atomic E-state index is 10.9. The van der Waals surface area contributed by atoms with Crippen LogP contribution in [0.3, 0.4) is 0 Å². The van der Waals surface area contributed by atoms with Crippen LogP contribution in [0.1, 0.15) is 46.0 Å². The number of carbonyl (C=O) groups excluding carboxylic acids is 1. The van der Waals surface area contributed by atoms with E-state index in [0.29, 0.717) is 6.42 Å². The first-order valence-electron chi connectivity index (χ1n) is 4.50. The summed E-state index contributed by atoms with van der Waals surface area (Å²) in [7, 11) is 0. The highest BCUT2D eigenvalue weighted by atomic mass is 35.5. The number of esters is 1. The first-order valence-corrected chi connectivity index (χ1v) is 4.94. The zero-order valence-electron chi connectivity index (χ0n) is 7.81. The zero-order valence-corrected chi connectivity index (χ0v) is 8.56. The highest BCUT2D eigenvalue weighted by Crippen LogP contribution is 2.05. The van der Waals surface area contributed by atoms with Gasteiger partial charge in [-0.25, -0.2) is 0 Å². The van der Waals surface area contributed by atoms with Crippen molar-refractivity contribution in [3.63, 3.8) is 0 Å². The van der Waals surface area contributed by atoms with E-state index in [0.717, 1.165) is 12.8 Å². The van der Waals surface area contributed by atoms with Crippen LogP contribution in [0.5, 0.6) is 0 Å². The fraction of sp³-hybridized carbons (Fsp3) is 0.889. The highest BCUT2D eigenvalue weighted by molar-refractivity contribution is 6.19. The minimum absolute atomic E-state index is 0.186. The van der Waals surface area contributed by atoms with Gasteiger partial charge < -0.3 is 4.74 Å². The standard InChI is InChI=1S/C9H17ClO2/c1-3-4-5-6-7-9(11)12-8(2)10/h8H,3-7H2,1-2H3. The molecule has 0 N–H and O–H groups in total. The van der Waals surface area contributed by atoms with Gasteiger partial charge >= 0.3 is 5.97 Å². The van der Waals surface area contributed by atoms with E-state index in [1.54, 1.807) is 6.92 Å². The summed E-state index contributed by atoms with van der Waals surface area (Å²) < 4.78 is 4.76. The Morgan fingerprint density at radius 2 is 2.08 bits per heavy atom. The number of rotatable bonds is 6. The van der Waals surface area contributed by atoms with Gasteiger partial charge in [-0.1, -0.05) is 37.8 Å². The summed E-state index contributed by atoms with van der Waals surface area (Å²) in [5.74, 6) is -0.186. The second kappa shape index (κ2) is 7.41. The Bertz CT molecular complexity index is 124. The summed E-state index contributed by atoms with van der Waals surface area (Å²) in [5.41, 5.74) is -0.497. The van der Waals surface area contributed by atoms with Crippen LogP contribution in [0.4, 0.5) is 0 Å². The summed E-state index contributed by atoms with van der Waals surface area (Å²) in [5, 5.41) is 0. The number of ether oxygens (including phenoxy) is 1. The van der Waals surface area contributed by atoms with Gasteiger partial charge in [0.05, 0.1) is 0 Å². The average molecular weight is 193 g/mol. The third-order valence-corrected chi connectivity index (χ3v) is 1.62. The normalized spacial score (nSPS) is 12.6. The molecule has 0 saturated heterocycles. The molecule has 3 heteroatoms. The lowest BCUT2D eigenvalue weighted by Crippen LogP contribution is -2.08. The molecule has 1 unspecified atom stereocenters. The number of hydrogen-bond donors (Lipinski definition) is 0. The van der Waals surface area contributed by atoms with Crippen molar-refractivity contribution >= 4 is 17.6 Å². The van der Waals surface area contributed by atoms with Crippen LogP contribution in [-0.4, -0.2) is 11.5 Å². The van der Waals surface area contributed by atoms with Gasteiger partial charge in [0.1, 0.15) is 0 Å². The summed E-state index contributed by atoms with van der Waals surface area (Å²) in [6.45, 7) is 3.78. The molecule has 0 heterocycles. The third-order valence-electron chi connectivity index (χ3n) is 1.53. The van der Waals surface area contributed by atoms with Gasteiger partial charge in [0.15, 0.2) is 5.56 Å². The molecule has 0 fully saturated rings. The monoisotopic (exact) mass is 192 g/mol. The molecule has 0 aromatic carbocycles. The van der Waals surface area contributed by atoms with E-state index in [4.69, 9.17) is 16.3 Å². The first kappa shape index (κ1) is 11.8. The molecule has 0 aliphatic rings. The van der Waals surface area contributed by atoms with Gasteiger partial charge in [-0.2, -0.15) is 0 Å². The van der Waals surface area contributed by atoms with Crippen molar-refractivity contribution in [1.29, 1.82) is 0 Å². The largest absolute Gasteiger partial charge is 0.446 e. The van der Waals surface area contributed by atoms with E-state index in [9.17, 15) is 4.79 Å². The van der Waals surface area contributed by atoms with Gasteiger partial charge in [0.2, 0.25) is 0 Å². The lowest BCUT2D eigenvalue weighted by atomic mass is 10.2. The number of carbonyl (C=O) groups is 1. The number of hydrogen-bond acceptors (Lipinski definition) is 2. The fourth-order valence-electron chi connectivity index (χ4n) is 0.936. The molecule has 0 amide bonds. The molecule has 0 saturated carbocycles. The zero-order chi connectivity index (χ0) is 9.40. The van der Waals surface area contributed by atoms with Crippen LogP contribution in [0.2, 0.25) is 0 Å². The molecule has 0 aliphatic carbocycles. The molecule has 0 aliphatic heterocycles. The van der Waals surface area contributed by atoms with Crippen molar-refractivity contribution in [3.05, 3.63) is 0 Å². The Hall–Kier alpha value is -0.240. The van der Waals surface area contributed by atoms with Crippen LogP contribution >= 0.6 is 11.6 Å². The third kappa shape index (κ3) is 7.86. The number of unbranched alkanes of at least 4 members (excludes halogenated alkanes) is 3. The second-order valence-electron chi connectivity index (χ2n) is 2.84. The maximum Gasteiger partial charge on any atom is 0.307 e. The minimum atomic E-state index is -0.497. The van der Waals surface area contributed by atoms with Crippen LogP contribution in [0, 0.1) is 0 Å². The maximum absolute atomic E-state index is 10.9. The van der Waals surface area contributed by atoms with E-state index in [2.05, 4.69) is 6.92 Å². The van der Waals surface area contributed by atoms with Gasteiger partial charge in [0.25, 0.3) is 0 Å². The second-order valence-corrected chi connectivity index (χ2v) is 3.46. The van der Waals surface area contributed by atoms with E-state index in [-0.39, 0.29) is 5.97 Å². The Kier molecular flexibility index (Phi) is 7.26. The Morgan fingerprint density at radius 3 is 2.58 bits per heavy atom. The quantitative estimate of drug-likeness (QED) is 0.367. The summed E-state index contributed by atoms with van der Waals surface area (Å²) in [6.07, 6.45) is 4.88. The fourth-order valence-corrected chi connectivity index (χ4v) is 1.04. The lowest BCUT2D eigenvalue weighted by Gasteiger charge is -2.05. The molecule has 72 valence electrons. The van der Waals surface area contributed by atoms with Crippen molar-refractivity contribution < 1.29 is 9.53 Å². The van der Waals surface area contributed by atoms with Crippen molar-refractivity contribution in [1.82, 2.24) is 0 Å². The Balaban J connectivity index is 3.20. The SMILES string of the molecule is CCCCCCC(=O)OC(C)Cl. The van der Waals surface area contributed by atoms with Crippen LogP contribution < -0.4 is 0 Å². The lowest BCUT2D eigenvalue weighted by molar-refractivity contribution is -0.144. The Morgan fingerprint density at radius 1 is 1.42 bits per heavy atom. The van der Waals surface area contributed by atoms with Crippen molar-refractivity contribution in [2.45, 2.75) is 51.5 Å². The van der Waals surface area contributed by atoms with Crippen LogP contribution in [-0.2, 0) is 9.53 Å². The topological polar surface area (TPSA) is 26.3 Å². The van der Waals surface area contributed by atoms with E-state index in [1.807, 2.05) is 0 Å². The minimum Gasteiger partial charge on any atom is -0.446 e.